The van der Waals surface area contributed by atoms with Crippen molar-refractivity contribution < 1.29 is 38.2 Å². The van der Waals surface area contributed by atoms with Gasteiger partial charge in [-0.2, -0.15) is 0 Å². The van der Waals surface area contributed by atoms with Crippen molar-refractivity contribution in [3.63, 3.8) is 0 Å². The van der Waals surface area contributed by atoms with Crippen LogP contribution in [0.1, 0.15) is 251 Å². The van der Waals surface area contributed by atoms with E-state index in [1.54, 1.807) is 0 Å². The van der Waals surface area contributed by atoms with Crippen LogP contribution >= 0.6 is 0 Å². The number of nitrogens with zero attached hydrogens (tertiary/aromatic N) is 1. The molecule has 0 aromatic rings. The highest BCUT2D eigenvalue weighted by Gasteiger charge is 2.25. The van der Waals surface area contributed by atoms with Crippen LogP contribution in [0.2, 0.25) is 0 Å². The predicted octanol–water partition coefficient (Wildman–Crippen LogP) is 16.1. The minimum Gasteiger partial charge on any atom is -0.544 e. The second kappa shape index (κ2) is 52.1. The van der Waals surface area contributed by atoms with E-state index in [0.717, 1.165) is 70.6 Å². The summed E-state index contributed by atoms with van der Waals surface area (Å²) in [4.78, 5) is 37.2. The van der Waals surface area contributed by atoms with E-state index in [9.17, 15) is 19.5 Å². The van der Waals surface area contributed by atoms with Crippen LogP contribution in [0.5, 0.6) is 0 Å². The minimum atomic E-state index is -1.13. The minimum absolute atomic E-state index is 0.0369. The molecule has 0 amide bonds. The molecule has 0 spiro atoms. The normalized spacial score (nSPS) is 13.3. The Hall–Kier alpha value is -3.23. The summed E-state index contributed by atoms with van der Waals surface area (Å²) in [6.45, 7) is 4.56. The van der Waals surface area contributed by atoms with Crippen LogP contribution < -0.4 is 5.11 Å². The van der Waals surface area contributed by atoms with Gasteiger partial charge in [0.05, 0.1) is 40.3 Å². The molecule has 0 rings (SSSR count). The molecule has 0 saturated heterocycles. The number of rotatable bonds is 52. The third kappa shape index (κ3) is 49.7. The van der Waals surface area contributed by atoms with Crippen molar-refractivity contribution in [2.24, 2.45) is 0 Å². The summed E-state index contributed by atoms with van der Waals surface area (Å²) in [6, 6.07) is -0.731. The smallest absolute Gasteiger partial charge is 0.306 e. The molecule has 8 heteroatoms. The second-order valence-corrected chi connectivity index (χ2v) is 20.5. The summed E-state index contributed by atoms with van der Waals surface area (Å²) in [5, 5.41) is 11.7. The number of hydrogen-bond donors (Lipinski definition) is 0. The Morgan fingerprint density at radius 3 is 1.19 bits per heavy atom. The van der Waals surface area contributed by atoms with Crippen molar-refractivity contribution in [1.82, 2.24) is 0 Å². The summed E-state index contributed by atoms with van der Waals surface area (Å²) < 4.78 is 17.3. The molecule has 0 saturated carbocycles. The molecule has 0 aromatic carbocycles. The van der Waals surface area contributed by atoms with Gasteiger partial charge in [0.15, 0.2) is 6.10 Å². The molecule has 0 heterocycles. The molecule has 2 unspecified atom stereocenters. The molecule has 0 aliphatic heterocycles. The molecule has 70 heavy (non-hydrogen) atoms. The molecule has 8 nitrogen and oxygen atoms in total. The Morgan fingerprint density at radius 1 is 0.443 bits per heavy atom. The molecule has 404 valence electrons. The van der Waals surface area contributed by atoms with Gasteiger partial charge >= 0.3 is 11.9 Å². The van der Waals surface area contributed by atoms with Crippen LogP contribution in [0.25, 0.3) is 0 Å². The molecule has 0 aromatic heterocycles. The molecular weight excluding hydrogens is 871 g/mol. The quantitative estimate of drug-likeness (QED) is 0.0259. The summed E-state index contributed by atoms with van der Waals surface area (Å²) in [5.41, 5.74) is 0. The van der Waals surface area contributed by atoms with Gasteiger partial charge in [-0.25, -0.2) is 0 Å². The maximum Gasteiger partial charge on any atom is 0.306 e. The average Bonchev–Trinajstić information content (AvgIpc) is 3.33. The van der Waals surface area contributed by atoms with Crippen molar-refractivity contribution in [2.75, 3.05) is 41.0 Å². The van der Waals surface area contributed by atoms with Crippen LogP contribution in [0.15, 0.2) is 72.9 Å². The lowest BCUT2D eigenvalue weighted by atomic mass is 10.0. The summed E-state index contributed by atoms with van der Waals surface area (Å²) >= 11 is 0. The maximum atomic E-state index is 12.8. The fourth-order valence-corrected chi connectivity index (χ4v) is 8.39. The predicted molar refractivity (Wildman–Crippen MR) is 296 cm³/mol. The fourth-order valence-electron chi connectivity index (χ4n) is 8.39. The number of allylic oxidation sites excluding steroid dienone is 12. The zero-order chi connectivity index (χ0) is 51.3. The van der Waals surface area contributed by atoms with Gasteiger partial charge in [-0.3, -0.25) is 9.59 Å². The van der Waals surface area contributed by atoms with Crippen molar-refractivity contribution in [3.05, 3.63) is 72.9 Å². The largest absolute Gasteiger partial charge is 0.544 e. The van der Waals surface area contributed by atoms with E-state index < -0.39 is 18.1 Å². The molecule has 0 radical (unpaired) electrons. The number of unbranched alkanes of at least 4 members (excludes halogenated alkanes) is 26. The van der Waals surface area contributed by atoms with Gasteiger partial charge in [-0.05, 0) is 83.5 Å². The van der Waals surface area contributed by atoms with Crippen molar-refractivity contribution in [3.8, 4) is 0 Å². The van der Waals surface area contributed by atoms with Crippen molar-refractivity contribution >= 4 is 17.9 Å². The first-order valence-electron chi connectivity index (χ1n) is 29.0. The number of hydrogen-bond acceptors (Lipinski definition) is 7. The standard InChI is InChI=1S/C62H109NO7/c1-6-8-10-12-14-16-18-20-22-24-26-28-30-32-34-36-38-40-42-44-46-48-50-52-60(64)69-57-58(56-68-55-54-59(62(66)67)63(3,4)5)70-61(65)53-51-49-47-45-43-41-39-37-35-33-31-29-27-25-23-21-19-17-15-13-11-9-7-2/h9,11,15,17-18,20-21,23-24,26-27,29,58-59H,6-8,10,12-14,16,19,22,25,28,30-57H2,1-5H3/b11-9-,17-15-,20-18-,23-21-,26-24-,29-27-. The average molecular weight is 981 g/mol. The van der Waals surface area contributed by atoms with Gasteiger partial charge in [0.25, 0.3) is 0 Å². The number of carboxylic acids is 1. The molecule has 0 N–H and O–H groups in total. The van der Waals surface area contributed by atoms with E-state index >= 15 is 0 Å². The molecule has 0 aliphatic carbocycles. The van der Waals surface area contributed by atoms with Gasteiger partial charge in [-0.15, -0.1) is 0 Å². The summed E-state index contributed by atoms with van der Waals surface area (Å²) in [5.74, 6) is -1.74. The second-order valence-electron chi connectivity index (χ2n) is 20.5. The van der Waals surface area contributed by atoms with E-state index in [1.165, 1.54) is 148 Å². The number of likely N-dealkylation sites (N-methyl/N-ethyl adjacent to an activating group) is 1. The number of aliphatic carboxylic acids is 1. The molecule has 0 aliphatic rings. The molecule has 2 atom stereocenters. The third-order valence-corrected chi connectivity index (χ3v) is 12.8. The van der Waals surface area contributed by atoms with Crippen LogP contribution in [0.4, 0.5) is 0 Å². The summed E-state index contributed by atoms with van der Waals surface area (Å²) in [7, 11) is 5.42. The monoisotopic (exact) mass is 980 g/mol. The van der Waals surface area contributed by atoms with E-state index in [4.69, 9.17) is 14.2 Å². The highest BCUT2D eigenvalue weighted by molar-refractivity contribution is 5.70. The van der Waals surface area contributed by atoms with Crippen LogP contribution in [0.3, 0.4) is 0 Å². The SMILES string of the molecule is CC/C=C\C/C=C\C/C=C\C/C=C\CCCCCCCCCCCCC(=O)OC(COCCC(C(=O)[O-])[N+](C)(C)C)COC(=O)CCCCCCCCCCCCC/C=C\C/C=C\CCCCCCC. The first kappa shape index (κ1) is 66.8. The zero-order valence-electron chi connectivity index (χ0n) is 46.2. The Bertz CT molecular complexity index is 1370. The lowest BCUT2D eigenvalue weighted by Gasteiger charge is -2.34. The van der Waals surface area contributed by atoms with E-state index in [0.29, 0.717) is 12.8 Å². The van der Waals surface area contributed by atoms with E-state index in [1.807, 2.05) is 21.1 Å². The molecule has 0 bridgehead atoms. The van der Waals surface area contributed by atoms with E-state index in [2.05, 4.69) is 86.8 Å². The van der Waals surface area contributed by atoms with Gasteiger partial charge in [0, 0.05) is 19.3 Å². The lowest BCUT2D eigenvalue weighted by Crippen LogP contribution is -2.55. The van der Waals surface area contributed by atoms with Crippen molar-refractivity contribution in [1.29, 1.82) is 0 Å². The highest BCUT2D eigenvalue weighted by atomic mass is 16.6. The number of carbonyl (C=O) groups excluding carboxylic acids is 3. The Kier molecular flexibility index (Phi) is 49.7. The number of carboxylic acid groups (broad SMARTS) is 1. The van der Waals surface area contributed by atoms with Gasteiger partial charge in [0.2, 0.25) is 0 Å². The highest BCUT2D eigenvalue weighted by Crippen LogP contribution is 2.16. The summed E-state index contributed by atoms with van der Waals surface area (Å²) in [6.07, 6.45) is 68.0. The van der Waals surface area contributed by atoms with Crippen LogP contribution in [0, 0.1) is 0 Å². The van der Waals surface area contributed by atoms with E-state index in [-0.39, 0.29) is 42.7 Å². The van der Waals surface area contributed by atoms with Crippen LogP contribution in [-0.2, 0) is 28.6 Å². The van der Waals surface area contributed by atoms with Crippen molar-refractivity contribution in [2.45, 2.75) is 264 Å². The topological polar surface area (TPSA) is 102 Å². The Labute approximate surface area is 431 Å². The Balaban J connectivity index is 4.18. The number of ether oxygens (including phenoxy) is 3. The Morgan fingerprint density at radius 2 is 0.800 bits per heavy atom. The number of carbonyl (C=O) groups is 3. The first-order valence-corrected chi connectivity index (χ1v) is 29.0. The maximum absolute atomic E-state index is 12.8. The van der Waals surface area contributed by atoms with Gasteiger partial charge in [-0.1, -0.05) is 222 Å². The van der Waals surface area contributed by atoms with Gasteiger partial charge in [0.1, 0.15) is 12.6 Å². The first-order chi connectivity index (χ1) is 34.1. The molecular formula is C62H109NO7. The number of esters is 2. The number of quaternary nitrogens is 1. The van der Waals surface area contributed by atoms with Crippen LogP contribution in [-0.4, -0.2) is 75.5 Å². The zero-order valence-corrected chi connectivity index (χ0v) is 46.2. The third-order valence-electron chi connectivity index (χ3n) is 12.8. The fraction of sp³-hybridized carbons (Fsp3) is 0.758. The lowest BCUT2D eigenvalue weighted by molar-refractivity contribution is -0.889. The van der Waals surface area contributed by atoms with Gasteiger partial charge < -0.3 is 28.6 Å². The molecule has 0 fully saturated rings.